The first-order valence-electron chi connectivity index (χ1n) is 5.67. The minimum absolute atomic E-state index is 0.0649. The van der Waals surface area contributed by atoms with Crippen molar-refractivity contribution in [2.75, 3.05) is 5.32 Å². The Morgan fingerprint density at radius 1 is 1.05 bits per heavy atom. The lowest BCUT2D eigenvalue weighted by Crippen LogP contribution is -2.11. The minimum Gasteiger partial charge on any atom is -0.374 e. The molecule has 1 aromatic heterocycles. The van der Waals surface area contributed by atoms with Crippen molar-refractivity contribution in [1.29, 1.82) is 0 Å². The molecule has 0 amide bonds. The molecule has 3 nitrogen and oxygen atoms in total. The molecule has 19 heavy (non-hydrogen) atoms. The Hall–Kier alpha value is -1.03. The molecule has 100 valence electrons. The number of aromatic nitrogens is 2. The van der Waals surface area contributed by atoms with Gasteiger partial charge in [-0.2, -0.15) is 0 Å². The van der Waals surface area contributed by atoms with Crippen molar-refractivity contribution in [2.24, 2.45) is 0 Å². The van der Waals surface area contributed by atoms with Crippen LogP contribution in [0.1, 0.15) is 24.4 Å². The molecule has 0 aliphatic heterocycles. The van der Waals surface area contributed by atoms with Crippen molar-refractivity contribution in [3.63, 3.8) is 0 Å². The first-order valence-corrected chi connectivity index (χ1v) is 6.81. The second-order valence-electron chi connectivity index (χ2n) is 4.14. The van der Waals surface area contributed by atoms with Gasteiger partial charge in [0.25, 0.3) is 0 Å². The highest BCUT2D eigenvalue weighted by molar-refractivity contribution is 6.41. The molecule has 0 saturated carbocycles. The van der Waals surface area contributed by atoms with Crippen molar-refractivity contribution < 1.29 is 0 Å². The molecule has 1 unspecified atom stereocenters. The zero-order valence-corrected chi connectivity index (χ0v) is 12.7. The van der Waals surface area contributed by atoms with Crippen LogP contribution in [-0.4, -0.2) is 9.97 Å². The normalized spacial score (nSPS) is 12.3. The standard InChI is InChI=1S/C13H12Cl3N3/c1-7-12(18-4-3-17-7)8(2)19-13-10(15)5-9(14)6-11(13)16/h3-6,8,19H,1-2H3. The van der Waals surface area contributed by atoms with Crippen LogP contribution >= 0.6 is 34.8 Å². The van der Waals surface area contributed by atoms with Gasteiger partial charge in [-0.3, -0.25) is 9.97 Å². The number of hydrogen-bond acceptors (Lipinski definition) is 3. The molecule has 0 aliphatic carbocycles. The highest BCUT2D eigenvalue weighted by atomic mass is 35.5. The van der Waals surface area contributed by atoms with E-state index in [2.05, 4.69) is 15.3 Å². The molecular formula is C13H12Cl3N3. The fourth-order valence-electron chi connectivity index (χ4n) is 1.81. The van der Waals surface area contributed by atoms with Crippen LogP contribution in [0.25, 0.3) is 0 Å². The molecule has 6 heteroatoms. The van der Waals surface area contributed by atoms with E-state index in [1.807, 2.05) is 13.8 Å². The second kappa shape index (κ2) is 5.95. The van der Waals surface area contributed by atoms with Crippen molar-refractivity contribution in [1.82, 2.24) is 9.97 Å². The maximum absolute atomic E-state index is 6.14. The predicted molar refractivity (Wildman–Crippen MR) is 80.3 cm³/mol. The van der Waals surface area contributed by atoms with Crippen LogP contribution in [0.5, 0.6) is 0 Å². The van der Waals surface area contributed by atoms with Gasteiger partial charge in [0.05, 0.1) is 33.2 Å². The fourth-order valence-corrected chi connectivity index (χ4v) is 2.73. The monoisotopic (exact) mass is 315 g/mol. The summed E-state index contributed by atoms with van der Waals surface area (Å²) in [5, 5.41) is 4.70. The van der Waals surface area contributed by atoms with Crippen molar-refractivity contribution >= 4 is 40.5 Å². The molecular weight excluding hydrogens is 305 g/mol. The summed E-state index contributed by atoms with van der Waals surface area (Å²) in [4.78, 5) is 8.53. The van der Waals surface area contributed by atoms with Gasteiger partial charge in [0.2, 0.25) is 0 Å². The Bertz CT molecular complexity index is 578. The number of benzene rings is 1. The Kier molecular flexibility index (Phi) is 4.50. The first-order chi connectivity index (χ1) is 8.99. The highest BCUT2D eigenvalue weighted by Gasteiger charge is 2.14. The lowest BCUT2D eigenvalue weighted by Gasteiger charge is -2.18. The van der Waals surface area contributed by atoms with E-state index in [9.17, 15) is 0 Å². The molecule has 2 rings (SSSR count). The zero-order valence-electron chi connectivity index (χ0n) is 10.4. The van der Waals surface area contributed by atoms with Crippen LogP contribution in [0.2, 0.25) is 15.1 Å². The zero-order chi connectivity index (χ0) is 14.0. The molecule has 0 fully saturated rings. The summed E-state index contributed by atoms with van der Waals surface area (Å²) in [6.45, 7) is 3.88. The Labute approximate surface area is 126 Å². The lowest BCUT2D eigenvalue weighted by atomic mass is 10.1. The SMILES string of the molecule is Cc1nccnc1C(C)Nc1c(Cl)cc(Cl)cc1Cl. The predicted octanol–water partition coefficient (Wildman–Crippen LogP) is 4.92. The smallest absolute Gasteiger partial charge is 0.0835 e. The Balaban J connectivity index is 2.29. The minimum atomic E-state index is -0.0649. The molecule has 0 bridgehead atoms. The van der Waals surface area contributed by atoms with Crippen molar-refractivity contribution in [2.45, 2.75) is 19.9 Å². The van der Waals surface area contributed by atoms with Gasteiger partial charge in [0.1, 0.15) is 0 Å². The molecule has 0 spiro atoms. The Morgan fingerprint density at radius 3 is 2.21 bits per heavy atom. The number of hydrogen-bond donors (Lipinski definition) is 1. The molecule has 1 heterocycles. The molecule has 0 saturated heterocycles. The summed E-state index contributed by atoms with van der Waals surface area (Å²) >= 11 is 18.2. The van der Waals surface area contributed by atoms with Crippen LogP contribution < -0.4 is 5.32 Å². The number of nitrogens with zero attached hydrogens (tertiary/aromatic N) is 2. The van der Waals surface area contributed by atoms with E-state index in [4.69, 9.17) is 34.8 Å². The van der Waals surface area contributed by atoms with Gasteiger partial charge >= 0.3 is 0 Å². The van der Waals surface area contributed by atoms with E-state index in [1.165, 1.54) is 0 Å². The van der Waals surface area contributed by atoms with Crippen LogP contribution in [0, 0.1) is 6.92 Å². The van der Waals surface area contributed by atoms with Gasteiger partial charge in [-0.05, 0) is 26.0 Å². The van der Waals surface area contributed by atoms with Crippen molar-refractivity contribution in [3.8, 4) is 0 Å². The third-order valence-corrected chi connectivity index (χ3v) is 3.51. The largest absolute Gasteiger partial charge is 0.374 e. The number of nitrogens with one attached hydrogen (secondary N) is 1. The van der Waals surface area contributed by atoms with Gasteiger partial charge in [-0.15, -0.1) is 0 Å². The van der Waals surface area contributed by atoms with E-state index in [1.54, 1.807) is 24.5 Å². The molecule has 1 N–H and O–H groups in total. The quantitative estimate of drug-likeness (QED) is 0.873. The molecule has 1 aromatic carbocycles. The number of aryl methyl sites for hydroxylation is 1. The maximum atomic E-state index is 6.14. The van der Waals surface area contributed by atoms with Crippen molar-refractivity contribution in [3.05, 3.63) is 51.0 Å². The van der Waals surface area contributed by atoms with E-state index in [-0.39, 0.29) is 6.04 Å². The van der Waals surface area contributed by atoms with Gasteiger partial charge in [0.15, 0.2) is 0 Å². The maximum Gasteiger partial charge on any atom is 0.0835 e. The van der Waals surface area contributed by atoms with Crippen LogP contribution in [0.15, 0.2) is 24.5 Å². The van der Waals surface area contributed by atoms with Crippen LogP contribution in [-0.2, 0) is 0 Å². The number of rotatable bonds is 3. The van der Waals surface area contributed by atoms with Crippen LogP contribution in [0.3, 0.4) is 0 Å². The van der Waals surface area contributed by atoms with E-state index < -0.39 is 0 Å². The summed E-state index contributed by atoms with van der Waals surface area (Å²) < 4.78 is 0. The molecule has 0 radical (unpaired) electrons. The molecule has 1 atom stereocenters. The summed E-state index contributed by atoms with van der Waals surface area (Å²) in [5.41, 5.74) is 2.36. The summed E-state index contributed by atoms with van der Waals surface area (Å²) in [5.74, 6) is 0. The molecule has 2 aromatic rings. The van der Waals surface area contributed by atoms with Gasteiger partial charge < -0.3 is 5.32 Å². The van der Waals surface area contributed by atoms with Crippen LogP contribution in [0.4, 0.5) is 5.69 Å². The topological polar surface area (TPSA) is 37.8 Å². The summed E-state index contributed by atoms with van der Waals surface area (Å²) in [6, 6.07) is 3.23. The fraction of sp³-hybridized carbons (Fsp3) is 0.231. The molecule has 0 aliphatic rings. The van der Waals surface area contributed by atoms with Gasteiger partial charge in [-0.25, -0.2) is 0 Å². The average Bonchev–Trinajstić information content (AvgIpc) is 2.34. The van der Waals surface area contributed by atoms with E-state index in [0.717, 1.165) is 11.4 Å². The number of anilines is 1. The second-order valence-corrected chi connectivity index (χ2v) is 5.39. The summed E-state index contributed by atoms with van der Waals surface area (Å²) in [6.07, 6.45) is 3.32. The first kappa shape index (κ1) is 14.4. The third kappa shape index (κ3) is 3.30. The Morgan fingerprint density at radius 2 is 1.63 bits per heavy atom. The van der Waals surface area contributed by atoms with Gasteiger partial charge in [0, 0.05) is 17.4 Å². The highest BCUT2D eigenvalue weighted by Crippen LogP contribution is 2.35. The third-order valence-electron chi connectivity index (χ3n) is 2.70. The van der Waals surface area contributed by atoms with E-state index in [0.29, 0.717) is 20.8 Å². The van der Waals surface area contributed by atoms with E-state index >= 15 is 0 Å². The number of halogens is 3. The lowest BCUT2D eigenvalue weighted by molar-refractivity contribution is 0.810. The summed E-state index contributed by atoms with van der Waals surface area (Å²) in [7, 11) is 0. The average molecular weight is 317 g/mol. The van der Waals surface area contributed by atoms with Gasteiger partial charge in [-0.1, -0.05) is 34.8 Å².